The summed E-state index contributed by atoms with van der Waals surface area (Å²) in [6.07, 6.45) is 7.90. The minimum absolute atomic E-state index is 0. The first-order chi connectivity index (χ1) is 14.4. The van der Waals surface area contributed by atoms with Gasteiger partial charge in [0.25, 0.3) is 5.91 Å². The van der Waals surface area contributed by atoms with E-state index in [9.17, 15) is 13.2 Å². The number of nitrogens with one attached hydrogen (secondary N) is 1. The molecule has 2 fully saturated rings. The van der Waals surface area contributed by atoms with E-state index in [1.165, 1.54) is 10.7 Å². The molecule has 2 aliphatic rings. The minimum atomic E-state index is -3.96. The fourth-order valence-corrected chi connectivity index (χ4v) is 6.11. The molecule has 0 saturated carbocycles. The van der Waals surface area contributed by atoms with E-state index in [0.29, 0.717) is 13.1 Å². The molecule has 32 heavy (non-hydrogen) atoms. The van der Waals surface area contributed by atoms with Gasteiger partial charge in [0.05, 0.1) is 18.1 Å². The molecule has 3 rings (SSSR count). The Morgan fingerprint density at radius 2 is 1.78 bits per heavy atom. The number of hydrogen-bond donors (Lipinski definition) is 2. The third-order valence-corrected chi connectivity index (χ3v) is 8.57. The summed E-state index contributed by atoms with van der Waals surface area (Å²) in [5.41, 5.74) is 2.51. The lowest BCUT2D eigenvalue weighted by atomic mass is 9.98. The fraction of sp³-hybridized carbons (Fsp3) is 0.737. The maximum Gasteiger partial charge on any atom is 0.266 e. The number of hydroxylamine groups is 1. The average molecular weight is 514 g/mol. The van der Waals surface area contributed by atoms with Crippen molar-refractivity contribution in [3.8, 4) is 0 Å². The number of unbranched alkanes of at least 4 members (excludes halogenated alkanes) is 2. The van der Waals surface area contributed by atoms with Crippen LogP contribution in [0.2, 0.25) is 0 Å². The molecule has 0 aromatic carbocycles. The molecule has 10 nitrogen and oxygen atoms in total. The molecule has 0 radical (unpaired) electrons. The van der Waals surface area contributed by atoms with Gasteiger partial charge in [-0.3, -0.25) is 15.0 Å². The van der Waals surface area contributed by atoms with Gasteiger partial charge in [0.2, 0.25) is 10.0 Å². The Hall–Kier alpha value is -1.24. The van der Waals surface area contributed by atoms with Crippen molar-refractivity contribution in [2.24, 2.45) is 0 Å². The van der Waals surface area contributed by atoms with Gasteiger partial charge in [0, 0.05) is 52.2 Å². The van der Waals surface area contributed by atoms with E-state index in [4.69, 9.17) is 9.94 Å². The van der Waals surface area contributed by atoms with Crippen LogP contribution in [0.25, 0.3) is 0 Å². The van der Waals surface area contributed by atoms with Crippen molar-refractivity contribution in [3.05, 3.63) is 18.1 Å². The molecule has 184 valence electrons. The second-order valence-electron chi connectivity index (χ2n) is 7.76. The van der Waals surface area contributed by atoms with Gasteiger partial charge in [-0.2, -0.15) is 4.31 Å². The van der Waals surface area contributed by atoms with Crippen LogP contribution in [-0.2, 0) is 26.0 Å². The van der Waals surface area contributed by atoms with Crippen molar-refractivity contribution in [1.82, 2.24) is 19.8 Å². The van der Waals surface area contributed by atoms with Crippen LogP contribution in [0.3, 0.4) is 0 Å². The van der Waals surface area contributed by atoms with Crippen LogP contribution < -0.4 is 10.4 Å². The van der Waals surface area contributed by atoms with Crippen molar-refractivity contribution in [1.29, 1.82) is 0 Å². The molecule has 1 amide bonds. The topological polar surface area (TPSA) is 125 Å². The van der Waals surface area contributed by atoms with E-state index in [1.54, 1.807) is 17.9 Å². The molecule has 0 spiro atoms. The Morgan fingerprint density at radius 1 is 1.12 bits per heavy atom. The van der Waals surface area contributed by atoms with Crippen molar-refractivity contribution < 1.29 is 23.2 Å². The molecule has 3 heterocycles. The molecule has 2 N–H and O–H groups in total. The first-order valence-electron chi connectivity index (χ1n) is 10.5. The van der Waals surface area contributed by atoms with Gasteiger partial charge in [0.15, 0.2) is 4.75 Å². The van der Waals surface area contributed by atoms with E-state index >= 15 is 0 Å². The van der Waals surface area contributed by atoms with Crippen molar-refractivity contribution in [3.63, 3.8) is 0 Å². The van der Waals surface area contributed by atoms with Gasteiger partial charge >= 0.3 is 0 Å². The largest absolute Gasteiger partial charge is 0.381 e. The maximum absolute atomic E-state index is 13.3. The van der Waals surface area contributed by atoms with Crippen LogP contribution in [0.1, 0.15) is 44.7 Å². The van der Waals surface area contributed by atoms with Gasteiger partial charge in [-0.05, 0) is 12.8 Å². The first-order valence-corrected chi connectivity index (χ1v) is 12.0. The van der Waals surface area contributed by atoms with Crippen LogP contribution >= 0.6 is 24.8 Å². The summed E-state index contributed by atoms with van der Waals surface area (Å²) in [6, 6.07) is 0. The molecule has 2 aliphatic heterocycles. The number of piperazine rings is 1. The summed E-state index contributed by atoms with van der Waals surface area (Å²) in [5.74, 6) is -0.169. The highest BCUT2D eigenvalue weighted by Gasteiger charge is 2.54. The van der Waals surface area contributed by atoms with Gasteiger partial charge in [-0.15, -0.1) is 24.8 Å². The molecule has 1 aromatic rings. The molecular formula is C19H33Cl2N5O5S. The molecule has 0 bridgehead atoms. The Morgan fingerprint density at radius 3 is 2.31 bits per heavy atom. The quantitative estimate of drug-likeness (QED) is 0.304. The zero-order valence-corrected chi connectivity index (χ0v) is 20.7. The van der Waals surface area contributed by atoms with Crippen LogP contribution in [0.4, 0.5) is 5.82 Å². The summed E-state index contributed by atoms with van der Waals surface area (Å²) < 4.78 is 31.6. The van der Waals surface area contributed by atoms with Gasteiger partial charge in [-0.1, -0.05) is 19.8 Å². The second kappa shape index (κ2) is 12.9. The number of hydrogen-bond acceptors (Lipinski definition) is 8. The van der Waals surface area contributed by atoms with E-state index in [2.05, 4.69) is 16.9 Å². The van der Waals surface area contributed by atoms with Gasteiger partial charge in [-0.25, -0.2) is 18.9 Å². The zero-order valence-electron chi connectivity index (χ0n) is 18.2. The van der Waals surface area contributed by atoms with Crippen molar-refractivity contribution in [2.75, 3.05) is 44.3 Å². The van der Waals surface area contributed by atoms with Crippen LogP contribution in [0.15, 0.2) is 12.4 Å². The normalized spacial score (nSPS) is 18.9. The van der Waals surface area contributed by atoms with E-state index in [1.807, 2.05) is 4.90 Å². The van der Waals surface area contributed by atoms with Gasteiger partial charge in [0.1, 0.15) is 5.82 Å². The third kappa shape index (κ3) is 6.00. The highest BCUT2D eigenvalue weighted by Crippen LogP contribution is 2.33. The number of anilines is 1. The lowest BCUT2D eigenvalue weighted by molar-refractivity contribution is -0.134. The summed E-state index contributed by atoms with van der Waals surface area (Å²) >= 11 is 0. The number of rotatable bonds is 8. The fourth-order valence-electron chi connectivity index (χ4n) is 4.01. The monoisotopic (exact) mass is 513 g/mol. The third-order valence-electron chi connectivity index (χ3n) is 5.94. The van der Waals surface area contributed by atoms with Crippen LogP contribution in [-0.4, -0.2) is 77.9 Å². The number of nitrogens with zero attached hydrogens (tertiary/aromatic N) is 4. The summed E-state index contributed by atoms with van der Waals surface area (Å²) in [6.45, 7) is 3.87. The van der Waals surface area contributed by atoms with Crippen molar-refractivity contribution >= 4 is 46.6 Å². The van der Waals surface area contributed by atoms with Crippen LogP contribution in [0.5, 0.6) is 0 Å². The average Bonchev–Trinajstić information content (AvgIpc) is 2.79. The second-order valence-corrected chi connectivity index (χ2v) is 10.0. The summed E-state index contributed by atoms with van der Waals surface area (Å²) in [4.78, 5) is 23.3. The zero-order chi connectivity index (χ0) is 21.6. The summed E-state index contributed by atoms with van der Waals surface area (Å²) in [7, 11) is -3.96. The summed E-state index contributed by atoms with van der Waals surface area (Å²) in [5, 5.41) is 9.15. The number of carbonyl (C=O) groups excluding carboxylic acids is 1. The predicted molar refractivity (Wildman–Crippen MR) is 125 cm³/mol. The smallest absolute Gasteiger partial charge is 0.266 e. The Labute approximate surface area is 201 Å². The van der Waals surface area contributed by atoms with E-state index < -0.39 is 20.7 Å². The number of aromatic nitrogens is 2. The molecule has 0 atom stereocenters. The number of halogens is 2. The number of sulfonamides is 1. The highest BCUT2D eigenvalue weighted by molar-refractivity contribution is 7.91. The number of amides is 1. The van der Waals surface area contributed by atoms with Crippen molar-refractivity contribution in [2.45, 2.75) is 50.2 Å². The molecule has 0 unspecified atom stereocenters. The Bertz CT molecular complexity index is 814. The van der Waals surface area contributed by atoms with E-state index in [0.717, 1.165) is 30.8 Å². The first kappa shape index (κ1) is 28.8. The Balaban J connectivity index is 0.00000256. The number of aryl methyl sites for hydroxylation is 1. The maximum atomic E-state index is 13.3. The SMILES string of the molecule is CCCCCc1cnc(N2CCN(S(=O)(=O)C3(C(=O)NO)CCOCC3)CC2)cn1.Cl.Cl. The Kier molecular flexibility index (Phi) is 11.6. The minimum Gasteiger partial charge on any atom is -0.381 e. The molecule has 0 aliphatic carbocycles. The van der Waals surface area contributed by atoms with Crippen LogP contribution in [0, 0.1) is 0 Å². The molecular weight excluding hydrogens is 481 g/mol. The van der Waals surface area contributed by atoms with E-state index in [-0.39, 0.29) is 64.0 Å². The van der Waals surface area contributed by atoms with Gasteiger partial charge < -0.3 is 9.64 Å². The molecule has 13 heteroatoms. The number of ether oxygens (including phenoxy) is 1. The highest BCUT2D eigenvalue weighted by atomic mass is 35.5. The standard InChI is InChI=1S/C19H31N5O5S.2ClH/c1-2-3-4-5-16-14-21-17(15-20-16)23-8-10-24(11-9-23)30(27,28)19(18(25)22-26)6-12-29-13-7-19;;/h14-15,26H,2-13H2,1H3,(H,22,25);2*1H. The number of carbonyl (C=O) groups is 1. The lowest BCUT2D eigenvalue weighted by Gasteiger charge is -2.41. The lowest BCUT2D eigenvalue weighted by Crippen LogP contribution is -2.62. The molecule has 2 saturated heterocycles. The predicted octanol–water partition coefficient (Wildman–Crippen LogP) is 1.56. The molecule has 1 aromatic heterocycles.